The van der Waals surface area contributed by atoms with Gasteiger partial charge in [-0.25, -0.2) is 0 Å². The van der Waals surface area contributed by atoms with E-state index in [4.69, 9.17) is 18.0 Å². The molecule has 0 saturated heterocycles. The molecule has 0 spiro atoms. The van der Waals surface area contributed by atoms with Crippen LogP contribution in [0.15, 0.2) is 18.5 Å². The van der Waals surface area contributed by atoms with Crippen molar-refractivity contribution in [1.82, 2.24) is 9.88 Å². The molecule has 1 aromatic heterocycles. The fraction of sp³-hybridized carbons (Fsp3) is 0.364. The number of carbonyl (C=O) groups excluding carboxylic acids is 1. The molecule has 0 aliphatic rings. The van der Waals surface area contributed by atoms with E-state index in [1.165, 1.54) is 0 Å². The molecule has 3 N–H and O–H groups in total. The first kappa shape index (κ1) is 13.4. The van der Waals surface area contributed by atoms with Gasteiger partial charge in [0.15, 0.2) is 0 Å². The first-order chi connectivity index (χ1) is 8.06. The molecule has 0 atom stereocenters. The van der Waals surface area contributed by atoms with E-state index in [0.717, 1.165) is 0 Å². The Hall–Kier alpha value is -1.69. The lowest BCUT2D eigenvalue weighted by Crippen LogP contribution is -2.32. The molecule has 0 bridgehead atoms. The van der Waals surface area contributed by atoms with Gasteiger partial charge in [0.1, 0.15) is 4.99 Å². The number of hydrogen-bond donors (Lipinski definition) is 2. The second-order valence-electron chi connectivity index (χ2n) is 3.55. The van der Waals surface area contributed by atoms with Crippen LogP contribution in [-0.2, 0) is 4.79 Å². The van der Waals surface area contributed by atoms with E-state index in [0.29, 0.717) is 17.8 Å². The molecule has 0 aliphatic heterocycles. The monoisotopic (exact) mass is 252 g/mol. The third-order valence-corrected chi connectivity index (χ3v) is 2.64. The third kappa shape index (κ3) is 3.67. The summed E-state index contributed by atoms with van der Waals surface area (Å²) in [5.41, 5.74) is 6.95. The minimum atomic E-state index is 0.00485. The average Bonchev–Trinajstić information content (AvgIpc) is 2.35. The lowest BCUT2D eigenvalue weighted by molar-refractivity contribution is -0.127. The molecule has 17 heavy (non-hydrogen) atoms. The van der Waals surface area contributed by atoms with E-state index in [1.54, 1.807) is 30.4 Å². The van der Waals surface area contributed by atoms with E-state index < -0.39 is 0 Å². The van der Waals surface area contributed by atoms with Crippen molar-refractivity contribution in [2.75, 3.05) is 25.5 Å². The second-order valence-corrected chi connectivity index (χ2v) is 3.99. The number of nitrogens with one attached hydrogen (secondary N) is 1. The highest BCUT2D eigenvalue weighted by atomic mass is 32.1. The maximum Gasteiger partial charge on any atom is 0.241 e. The minimum absolute atomic E-state index is 0.00485. The normalized spacial score (nSPS) is 9.76. The number of carbonyl (C=O) groups is 1. The van der Waals surface area contributed by atoms with Crippen molar-refractivity contribution >= 4 is 28.8 Å². The van der Waals surface area contributed by atoms with Gasteiger partial charge in [0, 0.05) is 25.4 Å². The Morgan fingerprint density at radius 2 is 2.35 bits per heavy atom. The number of pyridine rings is 1. The summed E-state index contributed by atoms with van der Waals surface area (Å²) < 4.78 is 0. The molecule has 0 aliphatic carbocycles. The van der Waals surface area contributed by atoms with Crippen LogP contribution in [0.5, 0.6) is 0 Å². The Kier molecular flexibility index (Phi) is 4.84. The maximum absolute atomic E-state index is 11.6. The first-order valence-electron chi connectivity index (χ1n) is 5.28. The molecule has 92 valence electrons. The van der Waals surface area contributed by atoms with Gasteiger partial charge in [0.2, 0.25) is 5.91 Å². The molecule has 0 aromatic carbocycles. The van der Waals surface area contributed by atoms with Crippen LogP contribution < -0.4 is 11.1 Å². The number of nitrogens with zero attached hydrogens (tertiary/aromatic N) is 2. The fourth-order valence-electron chi connectivity index (χ4n) is 1.23. The van der Waals surface area contributed by atoms with Gasteiger partial charge in [0.25, 0.3) is 0 Å². The van der Waals surface area contributed by atoms with Crippen LogP contribution in [0.3, 0.4) is 0 Å². The summed E-state index contributed by atoms with van der Waals surface area (Å²) in [5.74, 6) is 0.00485. The Morgan fingerprint density at radius 3 is 2.94 bits per heavy atom. The number of thiocarbonyl (C=S) groups is 1. The van der Waals surface area contributed by atoms with Gasteiger partial charge in [-0.05, 0) is 13.0 Å². The lowest BCUT2D eigenvalue weighted by atomic mass is 10.2. The predicted octanol–water partition coefficient (Wildman–Crippen LogP) is 0.606. The largest absolute Gasteiger partial charge is 0.389 e. The number of rotatable bonds is 5. The Bertz CT molecular complexity index is 422. The van der Waals surface area contributed by atoms with Gasteiger partial charge in [-0.1, -0.05) is 12.2 Å². The molecule has 1 heterocycles. The third-order valence-electron chi connectivity index (χ3n) is 2.42. The quantitative estimate of drug-likeness (QED) is 0.751. The summed E-state index contributed by atoms with van der Waals surface area (Å²) in [6, 6.07) is 1.72. The van der Waals surface area contributed by atoms with Gasteiger partial charge >= 0.3 is 0 Å². The average molecular weight is 252 g/mol. The van der Waals surface area contributed by atoms with Gasteiger partial charge in [-0.3, -0.25) is 9.78 Å². The van der Waals surface area contributed by atoms with Crippen LogP contribution in [0.2, 0.25) is 0 Å². The molecule has 5 nitrogen and oxygen atoms in total. The van der Waals surface area contributed by atoms with Crippen molar-refractivity contribution in [2.24, 2.45) is 5.73 Å². The van der Waals surface area contributed by atoms with Crippen molar-refractivity contribution in [2.45, 2.75) is 6.92 Å². The molecule has 6 heteroatoms. The number of hydrogen-bond acceptors (Lipinski definition) is 4. The number of nitrogens with two attached hydrogens (primary N) is 1. The molecule has 0 saturated carbocycles. The highest BCUT2D eigenvalue weighted by Crippen LogP contribution is 2.12. The lowest BCUT2D eigenvalue weighted by Gasteiger charge is -2.16. The van der Waals surface area contributed by atoms with E-state index in [2.05, 4.69) is 10.3 Å². The number of amides is 1. The van der Waals surface area contributed by atoms with E-state index in [1.807, 2.05) is 6.92 Å². The van der Waals surface area contributed by atoms with Gasteiger partial charge < -0.3 is 16.0 Å². The number of anilines is 1. The number of likely N-dealkylation sites (N-methyl/N-ethyl adjacent to an activating group) is 1. The van der Waals surface area contributed by atoms with Crippen LogP contribution in [0, 0.1) is 0 Å². The summed E-state index contributed by atoms with van der Waals surface area (Å²) in [5, 5.41) is 2.99. The summed E-state index contributed by atoms with van der Waals surface area (Å²) in [7, 11) is 1.75. The minimum Gasteiger partial charge on any atom is -0.389 e. The summed E-state index contributed by atoms with van der Waals surface area (Å²) in [4.78, 5) is 17.5. The van der Waals surface area contributed by atoms with Crippen molar-refractivity contribution in [3.05, 3.63) is 24.0 Å². The van der Waals surface area contributed by atoms with E-state index >= 15 is 0 Å². The fourth-order valence-corrected chi connectivity index (χ4v) is 1.41. The highest BCUT2D eigenvalue weighted by Gasteiger charge is 2.09. The van der Waals surface area contributed by atoms with Gasteiger partial charge in [0.05, 0.1) is 18.4 Å². The summed E-state index contributed by atoms with van der Waals surface area (Å²) in [6.45, 7) is 2.80. The topological polar surface area (TPSA) is 71.2 Å². The van der Waals surface area contributed by atoms with Crippen molar-refractivity contribution in [3.63, 3.8) is 0 Å². The van der Waals surface area contributed by atoms with Crippen LogP contribution in [0.4, 0.5) is 5.69 Å². The molecular formula is C11H16N4OS. The molecule has 0 unspecified atom stereocenters. The predicted molar refractivity (Wildman–Crippen MR) is 71.9 cm³/mol. The second kappa shape index (κ2) is 6.15. The Morgan fingerprint density at radius 1 is 1.65 bits per heavy atom. The van der Waals surface area contributed by atoms with E-state index in [-0.39, 0.29) is 17.4 Å². The number of aromatic nitrogens is 1. The van der Waals surface area contributed by atoms with Gasteiger partial charge in [-0.2, -0.15) is 0 Å². The van der Waals surface area contributed by atoms with Crippen LogP contribution >= 0.6 is 12.2 Å². The van der Waals surface area contributed by atoms with Crippen molar-refractivity contribution in [3.8, 4) is 0 Å². The smallest absolute Gasteiger partial charge is 0.241 e. The standard InChI is InChI=1S/C11H16N4OS/c1-3-15(2)10(16)7-14-9-6-13-5-4-8(9)11(12)17/h4-6,14H,3,7H2,1-2H3,(H2,12,17). The molecule has 0 radical (unpaired) electrons. The van der Waals surface area contributed by atoms with E-state index in [9.17, 15) is 4.79 Å². The Balaban J connectivity index is 2.69. The molecule has 1 rings (SSSR count). The zero-order valence-electron chi connectivity index (χ0n) is 9.93. The van der Waals surface area contributed by atoms with Crippen LogP contribution in [0.25, 0.3) is 0 Å². The molecule has 1 aromatic rings. The summed E-state index contributed by atoms with van der Waals surface area (Å²) >= 11 is 4.92. The highest BCUT2D eigenvalue weighted by molar-refractivity contribution is 7.80. The molecular weight excluding hydrogens is 236 g/mol. The van der Waals surface area contributed by atoms with Crippen LogP contribution in [-0.4, -0.2) is 40.9 Å². The SMILES string of the molecule is CCN(C)C(=O)CNc1cnccc1C(N)=S. The van der Waals surface area contributed by atoms with Gasteiger partial charge in [-0.15, -0.1) is 0 Å². The molecule has 0 fully saturated rings. The van der Waals surface area contributed by atoms with Crippen molar-refractivity contribution < 1.29 is 4.79 Å². The maximum atomic E-state index is 11.6. The zero-order valence-corrected chi connectivity index (χ0v) is 10.8. The van der Waals surface area contributed by atoms with Crippen LogP contribution in [0.1, 0.15) is 12.5 Å². The molecule has 1 amide bonds. The first-order valence-corrected chi connectivity index (χ1v) is 5.68. The Labute approximate surface area is 106 Å². The summed E-state index contributed by atoms with van der Waals surface area (Å²) in [6.07, 6.45) is 3.22. The zero-order chi connectivity index (χ0) is 12.8. The van der Waals surface area contributed by atoms with Crippen molar-refractivity contribution in [1.29, 1.82) is 0 Å².